The number of hydrogen-bond acceptors (Lipinski definition) is 17. The molecule has 0 amide bonds. The van der Waals surface area contributed by atoms with E-state index in [4.69, 9.17) is 66.4 Å². The van der Waals surface area contributed by atoms with Crippen molar-refractivity contribution in [2.75, 3.05) is 59.5 Å². The third-order valence-electron chi connectivity index (χ3n) is 10.9. The van der Waals surface area contributed by atoms with Gasteiger partial charge in [0.1, 0.15) is 0 Å². The molecule has 0 spiro atoms. The van der Waals surface area contributed by atoms with Gasteiger partial charge >= 0.3 is 63.7 Å². The number of halogens is 6. The molecule has 0 fully saturated rings. The Morgan fingerprint density at radius 1 is 0.409 bits per heavy atom. The largest absolute Gasteiger partial charge is 0.440 e. The number of hydrogen-bond donors (Lipinski definition) is 3. The summed E-state index contributed by atoms with van der Waals surface area (Å²) in [6.07, 6.45) is -8.87. The Balaban J connectivity index is -0.000000272. The van der Waals surface area contributed by atoms with E-state index >= 15 is 0 Å². The predicted molar refractivity (Wildman–Crippen MR) is 375 cm³/mol. The van der Waals surface area contributed by atoms with Crippen LogP contribution in [0.4, 0.5) is 26.3 Å². The molecule has 0 aromatic heterocycles. The first kappa shape index (κ1) is 102. The summed E-state index contributed by atoms with van der Waals surface area (Å²) in [6.45, 7) is 53.2. The second-order valence-electron chi connectivity index (χ2n) is 25.7. The van der Waals surface area contributed by atoms with Crippen molar-refractivity contribution in [3.05, 3.63) is 12.7 Å². The van der Waals surface area contributed by atoms with Gasteiger partial charge in [-0.2, -0.15) is 26.3 Å². The average Bonchev–Trinajstić information content (AvgIpc) is 3.25. The van der Waals surface area contributed by atoms with E-state index in [1.54, 1.807) is 39.9 Å². The molecule has 0 bridgehead atoms. The van der Waals surface area contributed by atoms with E-state index in [1.165, 1.54) is 0 Å². The van der Waals surface area contributed by atoms with Crippen molar-refractivity contribution in [3.8, 4) is 0 Å². The standard InChI is InChI=1S/C30H69F3O10Si5.C12H33F3O4Si5.C9H18O3.4CH4/c1-26(34)22-38-28(3)24-36-17-14-19-44(5,6)40-46(9,10)42-48(13,21-16-30(31,32)33)43-47(11,12)41-45(7,8)20-15-18-37-25-29(4)39-23-27(2)35;1-20(2)16-22(5,6)18-24(9,11-10-12(13,14)15)19-23(7,8)17-21(3)4;1-4-5-11-7-9(3)12-6-8(2)10;;;;/h26-29,34-35H,14-25H2,1-13H3;20-21H,10-11H2,1-9H3;4,8-10H,1,5-7H2,2-3H3;4*1H4. The third-order valence-corrected chi connectivity index (χ3v) is 47.8. The Morgan fingerprint density at radius 3 is 0.909 bits per heavy atom. The number of aliphatic hydroxyl groups is 3. The SMILES string of the molecule is C.C.C.C.C=CCOCC(C)OCC(C)O.CC(O)COC(C)COCCC[Si](C)(C)O[Si](C)(C)O[Si](C)(CCC(F)(F)F)O[Si](C)(C)O[Si](C)(C)CCCOCC(C)OCC(C)O.C[SiH](C)O[Si](C)(C)O[Si](C)(CCC(F)(F)F)O[Si](C)(C)O[SiH](C)C. The molecule has 17 nitrogen and oxygen atoms in total. The third kappa shape index (κ3) is 65.5. The van der Waals surface area contributed by atoms with Gasteiger partial charge in [-0.25, -0.2) is 0 Å². The summed E-state index contributed by atoms with van der Waals surface area (Å²) in [5, 5.41) is 27.6. The smallest absolute Gasteiger partial charge is 0.389 e. The highest BCUT2D eigenvalue weighted by atomic mass is 28.5. The number of ether oxygens (including phenoxy) is 6. The van der Waals surface area contributed by atoms with Crippen molar-refractivity contribution in [3.63, 3.8) is 0 Å². The van der Waals surface area contributed by atoms with Crippen LogP contribution in [0.25, 0.3) is 0 Å². The maximum atomic E-state index is 13.5. The zero-order valence-corrected chi connectivity index (χ0v) is 66.6. The van der Waals surface area contributed by atoms with Gasteiger partial charge in [0, 0.05) is 26.1 Å². The van der Waals surface area contributed by atoms with Crippen LogP contribution in [-0.4, -0.2) is 210 Å². The molecule has 6 atom stereocenters. The van der Waals surface area contributed by atoms with Crippen LogP contribution in [0.2, 0.25) is 142 Å². The maximum Gasteiger partial charge on any atom is 0.389 e. The van der Waals surface area contributed by atoms with Crippen LogP contribution in [0.1, 0.15) is 96.9 Å². The molecule has 0 radical (unpaired) electrons. The van der Waals surface area contributed by atoms with Crippen LogP contribution >= 0.6 is 0 Å². The van der Waals surface area contributed by atoms with Gasteiger partial charge in [0.25, 0.3) is 0 Å². The monoisotopic (exact) mass is 1460 g/mol. The Bertz CT molecular complexity index is 1620. The summed E-state index contributed by atoms with van der Waals surface area (Å²) in [4.78, 5) is 0. The number of rotatable bonds is 45. The Kier molecular flexibility index (Phi) is 56.4. The fourth-order valence-corrected chi connectivity index (χ4v) is 54.5. The van der Waals surface area contributed by atoms with Gasteiger partial charge in [-0.15, -0.1) is 6.58 Å². The van der Waals surface area contributed by atoms with Gasteiger partial charge in [-0.05, 0) is 196 Å². The topological polar surface area (TPSA) is 190 Å². The highest BCUT2D eigenvalue weighted by Gasteiger charge is 2.50. The van der Waals surface area contributed by atoms with E-state index in [9.17, 15) is 36.6 Å². The molecule has 0 aliphatic carbocycles. The van der Waals surface area contributed by atoms with E-state index in [0.717, 1.165) is 24.9 Å². The van der Waals surface area contributed by atoms with Gasteiger partial charge in [-0.3, -0.25) is 0 Å². The van der Waals surface area contributed by atoms with Gasteiger partial charge in [0.15, 0.2) is 34.7 Å². The van der Waals surface area contributed by atoms with Crippen molar-refractivity contribution in [1.29, 1.82) is 0 Å². The van der Waals surface area contributed by atoms with Gasteiger partial charge in [0.2, 0.25) is 0 Å². The predicted octanol–water partition coefficient (Wildman–Crippen LogP) is 15.2. The molecule has 0 aromatic carbocycles. The lowest BCUT2D eigenvalue weighted by molar-refractivity contribution is -0.132. The van der Waals surface area contributed by atoms with Crippen LogP contribution in [0, 0.1) is 0 Å². The molecule has 0 aliphatic rings. The summed E-state index contributed by atoms with van der Waals surface area (Å²) in [7, 11) is -24.5. The molecule has 88 heavy (non-hydrogen) atoms. The highest BCUT2D eigenvalue weighted by Crippen LogP contribution is 2.35. The molecule has 0 aromatic rings. The zero-order valence-electron chi connectivity index (χ0n) is 56.2. The first-order valence-corrected chi connectivity index (χ1v) is 57.8. The lowest BCUT2D eigenvalue weighted by Crippen LogP contribution is -2.60. The minimum Gasteiger partial charge on any atom is -0.440 e. The van der Waals surface area contributed by atoms with Crippen LogP contribution < -0.4 is 0 Å². The Morgan fingerprint density at radius 2 is 0.670 bits per heavy atom. The average molecular weight is 1460 g/mol. The van der Waals surface area contributed by atoms with Crippen molar-refractivity contribution >= 4 is 86.1 Å². The molecule has 33 heteroatoms. The molecule has 0 aliphatic heterocycles. The van der Waals surface area contributed by atoms with E-state index in [-0.39, 0.29) is 73.3 Å². The number of aliphatic hydroxyl groups excluding tert-OH is 3. The quantitative estimate of drug-likeness (QED) is 0.0226. The summed E-state index contributed by atoms with van der Waals surface area (Å²) >= 11 is 0. The summed E-state index contributed by atoms with van der Waals surface area (Å²) in [5.74, 6) is 0. The normalized spacial score (nSPS) is 15.8. The lowest BCUT2D eigenvalue weighted by atomic mass is 10.4. The molecule has 540 valence electrons. The molecular formula is C55H136F6O17Si10. The lowest BCUT2D eigenvalue weighted by Gasteiger charge is -2.44. The van der Waals surface area contributed by atoms with Gasteiger partial charge in [-0.1, -0.05) is 35.8 Å². The fraction of sp³-hybridized carbons (Fsp3) is 0.964. The van der Waals surface area contributed by atoms with E-state index in [2.05, 4.69) is 32.8 Å². The fourth-order valence-electron chi connectivity index (χ4n) is 8.79. The van der Waals surface area contributed by atoms with Crippen molar-refractivity contribution in [2.24, 2.45) is 0 Å². The minimum absolute atomic E-state index is 0. The highest BCUT2D eigenvalue weighted by molar-refractivity contribution is 6.91. The second-order valence-corrected chi connectivity index (χ2v) is 61.5. The first-order chi connectivity index (χ1) is 37.8. The molecule has 0 saturated heterocycles. The van der Waals surface area contributed by atoms with Crippen molar-refractivity contribution in [1.82, 2.24) is 0 Å². The second kappa shape index (κ2) is 48.5. The number of alkyl halides is 6. The van der Waals surface area contributed by atoms with Crippen molar-refractivity contribution < 1.29 is 103 Å². The molecular weight excluding hydrogens is 1330 g/mol. The Hall–Kier alpha value is 0.809. The molecule has 0 heterocycles. The van der Waals surface area contributed by atoms with Crippen LogP contribution in [0.5, 0.6) is 0 Å². The zero-order chi connectivity index (χ0) is 66.2. The molecule has 0 rings (SSSR count). The van der Waals surface area contributed by atoms with Gasteiger partial charge in [0.05, 0.1) is 82.9 Å². The van der Waals surface area contributed by atoms with E-state index in [0.29, 0.717) is 46.2 Å². The first-order valence-electron chi connectivity index (χ1n) is 29.7. The van der Waals surface area contributed by atoms with E-state index in [1.807, 2.05) is 99.3 Å². The van der Waals surface area contributed by atoms with Gasteiger partial charge < -0.3 is 76.7 Å². The Labute approximate surface area is 546 Å². The summed E-state index contributed by atoms with van der Waals surface area (Å²) in [6, 6.07) is 1.25. The van der Waals surface area contributed by atoms with Crippen LogP contribution in [0.3, 0.4) is 0 Å². The molecule has 6 unspecified atom stereocenters. The van der Waals surface area contributed by atoms with Crippen LogP contribution in [-0.2, 0) is 61.3 Å². The molecule has 0 saturated carbocycles. The van der Waals surface area contributed by atoms with Crippen molar-refractivity contribution in [2.45, 2.75) is 288 Å². The minimum atomic E-state index is -4.33. The summed E-state index contributed by atoms with van der Waals surface area (Å²) in [5.41, 5.74) is 0. The maximum absolute atomic E-state index is 13.5. The molecule has 3 N–H and O–H groups in total. The van der Waals surface area contributed by atoms with E-state index < -0.39 is 130 Å². The van der Waals surface area contributed by atoms with Crippen LogP contribution in [0.15, 0.2) is 12.7 Å². The summed E-state index contributed by atoms with van der Waals surface area (Å²) < 4.78 is 162.